The Morgan fingerprint density at radius 2 is 1.96 bits per heavy atom. The van der Waals surface area contributed by atoms with Crippen LogP contribution in [0.25, 0.3) is 0 Å². The van der Waals surface area contributed by atoms with Gasteiger partial charge in [0.05, 0.1) is 0 Å². The van der Waals surface area contributed by atoms with Crippen LogP contribution in [0, 0.1) is 6.92 Å². The molecule has 0 aliphatic carbocycles. The van der Waals surface area contributed by atoms with E-state index < -0.39 is 0 Å². The molecule has 1 N–H and O–H groups in total. The van der Waals surface area contributed by atoms with Gasteiger partial charge in [-0.1, -0.05) is 0 Å². The third-order valence-electron chi connectivity index (χ3n) is 4.10. The van der Waals surface area contributed by atoms with Crippen LogP contribution < -0.4 is 10.2 Å². The molecule has 9 heteroatoms. The van der Waals surface area contributed by atoms with Crippen LogP contribution in [0.3, 0.4) is 0 Å². The average Bonchev–Trinajstić information content (AvgIpc) is 2.91. The molecule has 0 unspecified atom stereocenters. The van der Waals surface area contributed by atoms with Gasteiger partial charge in [0, 0.05) is 38.8 Å². The van der Waals surface area contributed by atoms with Crippen molar-refractivity contribution in [2.45, 2.75) is 36.0 Å². The zero-order valence-electron chi connectivity index (χ0n) is 14.5. The maximum absolute atomic E-state index is 4.62. The van der Waals surface area contributed by atoms with Crippen molar-refractivity contribution >= 4 is 30.0 Å². The van der Waals surface area contributed by atoms with Gasteiger partial charge in [0.2, 0.25) is 0 Å². The molecule has 1 fully saturated rings. The summed E-state index contributed by atoms with van der Waals surface area (Å²) in [4.78, 5) is 11.0. The summed E-state index contributed by atoms with van der Waals surface area (Å²) >= 11 is 1.46. The van der Waals surface area contributed by atoms with Gasteiger partial charge >= 0.3 is 0 Å². The van der Waals surface area contributed by atoms with E-state index in [0.29, 0.717) is 11.1 Å². The summed E-state index contributed by atoms with van der Waals surface area (Å²) < 4.78 is 2.08. The first-order valence-electron chi connectivity index (χ1n) is 7.85. The Morgan fingerprint density at radius 3 is 2.62 bits per heavy atom. The number of nitrogens with zero attached hydrogens (tertiary/aromatic N) is 6. The molecular weight excluding hydrogens is 346 g/mol. The van der Waals surface area contributed by atoms with Crippen molar-refractivity contribution in [2.75, 3.05) is 32.1 Å². The van der Waals surface area contributed by atoms with Gasteiger partial charge in [0.15, 0.2) is 10.3 Å². The summed E-state index contributed by atoms with van der Waals surface area (Å²) in [7, 11) is 6.00. The normalized spacial score (nSPS) is 15.2. The molecule has 3 heterocycles. The lowest BCUT2D eigenvalue weighted by Crippen LogP contribution is -2.27. The molecule has 0 spiro atoms. The first-order valence-corrected chi connectivity index (χ1v) is 8.66. The van der Waals surface area contributed by atoms with E-state index in [1.54, 1.807) is 0 Å². The summed E-state index contributed by atoms with van der Waals surface area (Å²) in [6.45, 7) is 4.11. The number of nitrogens with one attached hydrogen (secondary N) is 1. The van der Waals surface area contributed by atoms with Gasteiger partial charge in [-0.3, -0.25) is 0 Å². The third kappa shape index (κ3) is 3.99. The molecular formula is C15H24ClN7S. The molecule has 0 amide bonds. The van der Waals surface area contributed by atoms with Crippen LogP contribution in [0.4, 0.5) is 5.82 Å². The minimum Gasteiger partial charge on any atom is -0.362 e. The number of hydrogen-bond acceptors (Lipinski definition) is 7. The van der Waals surface area contributed by atoms with E-state index in [1.807, 2.05) is 39.2 Å². The molecule has 1 saturated heterocycles. The van der Waals surface area contributed by atoms with E-state index in [9.17, 15) is 0 Å². The Kier molecular flexibility index (Phi) is 6.42. The first-order chi connectivity index (χ1) is 11.1. The van der Waals surface area contributed by atoms with E-state index in [4.69, 9.17) is 0 Å². The molecule has 2 aromatic heterocycles. The number of aromatic nitrogens is 5. The van der Waals surface area contributed by atoms with Gasteiger partial charge in [0.1, 0.15) is 11.6 Å². The van der Waals surface area contributed by atoms with Crippen molar-refractivity contribution < 1.29 is 0 Å². The predicted octanol–water partition coefficient (Wildman–Crippen LogP) is 2.02. The molecule has 132 valence electrons. The Balaban J connectivity index is 0.00000208. The number of anilines is 1. The van der Waals surface area contributed by atoms with E-state index in [0.717, 1.165) is 48.3 Å². The van der Waals surface area contributed by atoms with Gasteiger partial charge in [-0.25, -0.2) is 9.97 Å². The number of piperidine rings is 1. The standard InChI is InChI=1S/C15H23N7S.ClH/c1-10-9-17-14(18-12(10)21(2)3)23-15-20-19-13(22(15)4)11-5-7-16-8-6-11;/h9,11,16H,5-8H2,1-4H3;1H. The van der Waals surface area contributed by atoms with E-state index >= 15 is 0 Å². The van der Waals surface area contributed by atoms with Crippen molar-refractivity contribution in [3.8, 4) is 0 Å². The summed E-state index contributed by atoms with van der Waals surface area (Å²) in [5, 5.41) is 13.7. The van der Waals surface area contributed by atoms with Crippen LogP contribution in [0.2, 0.25) is 0 Å². The maximum Gasteiger partial charge on any atom is 0.198 e. The van der Waals surface area contributed by atoms with Crippen LogP contribution in [0.1, 0.15) is 30.1 Å². The predicted molar refractivity (Wildman–Crippen MR) is 98.3 cm³/mol. The molecule has 0 aromatic carbocycles. The van der Waals surface area contributed by atoms with Gasteiger partial charge in [0.25, 0.3) is 0 Å². The van der Waals surface area contributed by atoms with Crippen molar-refractivity contribution in [1.29, 1.82) is 0 Å². The second-order valence-corrected chi connectivity index (χ2v) is 7.01. The highest BCUT2D eigenvalue weighted by atomic mass is 35.5. The summed E-state index contributed by atoms with van der Waals surface area (Å²) in [5.74, 6) is 2.48. The van der Waals surface area contributed by atoms with E-state index in [-0.39, 0.29) is 12.4 Å². The topological polar surface area (TPSA) is 71.8 Å². The largest absolute Gasteiger partial charge is 0.362 e. The highest BCUT2D eigenvalue weighted by molar-refractivity contribution is 7.99. The monoisotopic (exact) mass is 369 g/mol. The van der Waals surface area contributed by atoms with Crippen LogP contribution in [0.5, 0.6) is 0 Å². The molecule has 1 aliphatic heterocycles. The Labute approximate surface area is 153 Å². The minimum absolute atomic E-state index is 0. The highest BCUT2D eigenvalue weighted by Gasteiger charge is 2.22. The fraction of sp³-hybridized carbons (Fsp3) is 0.600. The molecule has 3 rings (SSSR count). The van der Waals surface area contributed by atoms with Crippen LogP contribution in [0.15, 0.2) is 16.5 Å². The van der Waals surface area contributed by atoms with Crippen molar-refractivity contribution in [3.05, 3.63) is 17.6 Å². The fourth-order valence-electron chi connectivity index (χ4n) is 2.85. The Bertz CT molecular complexity index is 682. The highest BCUT2D eigenvalue weighted by Crippen LogP contribution is 2.29. The van der Waals surface area contributed by atoms with E-state index in [1.165, 1.54) is 11.8 Å². The lowest BCUT2D eigenvalue weighted by atomic mass is 9.97. The fourth-order valence-corrected chi connectivity index (χ4v) is 3.56. The first kappa shape index (κ1) is 19.0. The van der Waals surface area contributed by atoms with Gasteiger partial charge in [-0.05, 0) is 44.6 Å². The zero-order chi connectivity index (χ0) is 16.4. The summed E-state index contributed by atoms with van der Waals surface area (Å²) in [6, 6.07) is 0. The molecule has 24 heavy (non-hydrogen) atoms. The molecule has 2 aromatic rings. The molecule has 7 nitrogen and oxygen atoms in total. The second-order valence-electron chi connectivity index (χ2n) is 6.08. The van der Waals surface area contributed by atoms with Crippen molar-refractivity contribution in [3.63, 3.8) is 0 Å². The third-order valence-corrected chi connectivity index (χ3v) is 5.02. The quantitative estimate of drug-likeness (QED) is 0.826. The van der Waals surface area contributed by atoms with Crippen LogP contribution in [-0.4, -0.2) is 51.9 Å². The lowest BCUT2D eigenvalue weighted by Gasteiger charge is -2.21. The molecule has 1 aliphatic rings. The number of aryl methyl sites for hydroxylation is 1. The van der Waals surface area contributed by atoms with Gasteiger partial charge in [-0.2, -0.15) is 0 Å². The van der Waals surface area contributed by atoms with Gasteiger partial charge in [-0.15, -0.1) is 22.6 Å². The van der Waals surface area contributed by atoms with Crippen molar-refractivity contribution in [2.24, 2.45) is 7.05 Å². The minimum atomic E-state index is 0. The molecule has 0 radical (unpaired) electrons. The van der Waals surface area contributed by atoms with Crippen molar-refractivity contribution in [1.82, 2.24) is 30.0 Å². The van der Waals surface area contributed by atoms with Crippen LogP contribution >= 0.6 is 24.2 Å². The number of rotatable bonds is 4. The smallest absolute Gasteiger partial charge is 0.198 e. The Hall–Kier alpha value is -1.38. The summed E-state index contributed by atoms with van der Waals surface area (Å²) in [6.07, 6.45) is 4.08. The van der Waals surface area contributed by atoms with E-state index in [2.05, 4.69) is 30.0 Å². The molecule has 0 atom stereocenters. The van der Waals surface area contributed by atoms with Gasteiger partial charge < -0.3 is 14.8 Å². The average molecular weight is 370 g/mol. The van der Waals surface area contributed by atoms with Crippen LogP contribution in [-0.2, 0) is 7.05 Å². The lowest BCUT2D eigenvalue weighted by molar-refractivity contribution is 0.434. The second kappa shape index (κ2) is 8.13. The number of hydrogen-bond donors (Lipinski definition) is 1. The SMILES string of the molecule is Cc1cnc(Sc2nnc(C3CCNCC3)n2C)nc1N(C)C.Cl. The Morgan fingerprint density at radius 1 is 1.25 bits per heavy atom. The maximum atomic E-state index is 4.62. The number of halogens is 1. The molecule has 0 bridgehead atoms. The summed E-state index contributed by atoms with van der Waals surface area (Å²) in [5.41, 5.74) is 1.06. The molecule has 0 saturated carbocycles. The zero-order valence-corrected chi connectivity index (χ0v) is 16.1.